The van der Waals surface area contributed by atoms with Crippen molar-refractivity contribution in [3.63, 3.8) is 0 Å². The van der Waals surface area contributed by atoms with E-state index >= 15 is 0 Å². The van der Waals surface area contributed by atoms with Crippen molar-refractivity contribution in [2.75, 3.05) is 6.61 Å². The lowest BCUT2D eigenvalue weighted by Gasteiger charge is -2.21. The van der Waals surface area contributed by atoms with Crippen LogP contribution in [-0.2, 0) is 16.1 Å². The van der Waals surface area contributed by atoms with Gasteiger partial charge in [-0.3, -0.25) is 0 Å². The molecule has 0 atom stereocenters. The van der Waals surface area contributed by atoms with E-state index < -0.39 is 0 Å². The number of nitrogens with zero attached hydrogens (tertiary/aromatic N) is 1. The molecule has 0 radical (unpaired) electrons. The lowest BCUT2D eigenvalue weighted by Crippen LogP contribution is -2.19. The van der Waals surface area contributed by atoms with Crippen LogP contribution < -0.4 is 4.74 Å². The molecule has 1 heterocycles. The van der Waals surface area contributed by atoms with Crippen molar-refractivity contribution in [2.24, 2.45) is 0 Å². The van der Waals surface area contributed by atoms with Crippen LogP contribution in [0.15, 0.2) is 30.3 Å². The van der Waals surface area contributed by atoms with E-state index in [-0.39, 0.29) is 11.4 Å². The lowest BCUT2D eigenvalue weighted by atomic mass is 9.96. The summed E-state index contributed by atoms with van der Waals surface area (Å²) in [5.74, 6) is 0.859. The van der Waals surface area contributed by atoms with Gasteiger partial charge in [0.2, 0.25) is 5.88 Å². The van der Waals surface area contributed by atoms with Gasteiger partial charge in [-0.25, -0.2) is 4.98 Å². The van der Waals surface area contributed by atoms with Crippen LogP contribution in [0.25, 0.3) is 11.1 Å². The molecule has 0 unspecified atom stereocenters. The van der Waals surface area contributed by atoms with Crippen LogP contribution in [0.1, 0.15) is 63.8 Å². The summed E-state index contributed by atoms with van der Waals surface area (Å²) in [6, 6.07) is 10.3. The van der Waals surface area contributed by atoms with Crippen molar-refractivity contribution in [1.82, 2.24) is 4.98 Å². The van der Waals surface area contributed by atoms with Crippen LogP contribution >= 0.6 is 0 Å². The van der Waals surface area contributed by atoms with E-state index in [1.54, 1.807) is 6.92 Å². The van der Waals surface area contributed by atoms with E-state index in [1.165, 1.54) is 16.7 Å². The number of aromatic nitrogens is 1. The maximum absolute atomic E-state index is 11.0. The highest BCUT2D eigenvalue weighted by molar-refractivity contribution is 5.75. The molecule has 4 nitrogen and oxygen atoms in total. The molecule has 0 saturated carbocycles. The first-order valence-corrected chi connectivity index (χ1v) is 10.00. The minimum Gasteiger partial charge on any atom is -0.478 e. The predicted molar refractivity (Wildman–Crippen MR) is 114 cm³/mol. The molecule has 1 aromatic carbocycles. The van der Waals surface area contributed by atoms with Gasteiger partial charge in [0.1, 0.15) is 5.78 Å². The van der Waals surface area contributed by atoms with Gasteiger partial charge in [0.05, 0.1) is 18.8 Å². The summed E-state index contributed by atoms with van der Waals surface area (Å²) < 4.78 is 11.7. The Bertz CT molecular complexity index is 806. The third-order valence-electron chi connectivity index (χ3n) is 4.63. The third kappa shape index (κ3) is 6.75. The van der Waals surface area contributed by atoms with Crippen molar-refractivity contribution >= 4 is 5.78 Å². The molecule has 0 amide bonds. The van der Waals surface area contributed by atoms with Crippen LogP contribution in [0.2, 0.25) is 0 Å². The van der Waals surface area contributed by atoms with E-state index in [2.05, 4.69) is 56.9 Å². The van der Waals surface area contributed by atoms with Crippen LogP contribution in [0.3, 0.4) is 0 Å². The number of pyridine rings is 1. The number of ether oxygens (including phenoxy) is 2. The number of Topliss-reactive ketones (excluding diaryl/α,β-unsaturated/α-hetero) is 1. The standard InChI is InChI=1S/C24H33NO3/c1-17(26)10-7-8-15-27-23-14-13-22(19(3)25-23)21-12-9-11-20(18(21)2)16-28-24(4,5)6/h9,11-14H,7-8,10,15-16H2,1-6H3. The molecule has 0 N–H and O–H groups in total. The highest BCUT2D eigenvalue weighted by Crippen LogP contribution is 2.30. The molecule has 1 aromatic heterocycles. The maximum Gasteiger partial charge on any atom is 0.213 e. The van der Waals surface area contributed by atoms with Crippen LogP contribution in [0.4, 0.5) is 0 Å². The Balaban J connectivity index is 2.08. The second-order valence-electron chi connectivity index (χ2n) is 8.28. The average molecular weight is 384 g/mol. The molecule has 0 spiro atoms. The summed E-state index contributed by atoms with van der Waals surface area (Å²) in [6.45, 7) is 13.1. The molecule has 0 saturated heterocycles. The van der Waals surface area contributed by atoms with Gasteiger partial charge in [0, 0.05) is 23.7 Å². The van der Waals surface area contributed by atoms with Gasteiger partial charge in [-0.2, -0.15) is 0 Å². The van der Waals surface area contributed by atoms with Gasteiger partial charge in [-0.05, 0) is 77.1 Å². The fourth-order valence-electron chi connectivity index (χ4n) is 2.98. The number of carbonyl (C=O) groups excluding carboxylic acids is 1. The second-order valence-corrected chi connectivity index (χ2v) is 8.28. The summed E-state index contributed by atoms with van der Waals surface area (Å²) in [5.41, 5.74) is 5.47. The number of hydrogen-bond acceptors (Lipinski definition) is 4. The molecular weight excluding hydrogens is 350 g/mol. The number of unbranched alkanes of at least 4 members (excludes halogenated alkanes) is 1. The van der Waals surface area contributed by atoms with E-state index in [0.717, 1.165) is 24.1 Å². The highest BCUT2D eigenvalue weighted by Gasteiger charge is 2.14. The minimum atomic E-state index is -0.163. The fraction of sp³-hybridized carbons (Fsp3) is 0.500. The quantitative estimate of drug-likeness (QED) is 0.512. The van der Waals surface area contributed by atoms with Gasteiger partial charge in [-0.15, -0.1) is 0 Å². The van der Waals surface area contributed by atoms with E-state index in [1.807, 2.05) is 13.0 Å². The molecule has 0 bridgehead atoms. The molecule has 0 aliphatic heterocycles. The Morgan fingerprint density at radius 3 is 2.43 bits per heavy atom. The summed E-state index contributed by atoms with van der Waals surface area (Å²) in [5, 5.41) is 0. The average Bonchev–Trinajstić information content (AvgIpc) is 2.60. The van der Waals surface area contributed by atoms with Crippen molar-refractivity contribution in [1.29, 1.82) is 0 Å². The zero-order chi connectivity index (χ0) is 20.7. The Labute approximate surface area is 169 Å². The zero-order valence-electron chi connectivity index (χ0n) is 18.1. The second kappa shape index (κ2) is 9.83. The summed E-state index contributed by atoms with van der Waals surface area (Å²) in [4.78, 5) is 15.6. The maximum atomic E-state index is 11.0. The largest absolute Gasteiger partial charge is 0.478 e. The predicted octanol–water partition coefficient (Wildman–Crippen LogP) is 5.82. The van der Waals surface area contributed by atoms with Gasteiger partial charge in [0.15, 0.2) is 0 Å². The van der Waals surface area contributed by atoms with Gasteiger partial charge >= 0.3 is 0 Å². The van der Waals surface area contributed by atoms with Crippen molar-refractivity contribution in [3.8, 4) is 17.0 Å². The molecule has 2 rings (SSSR count). The number of hydrogen-bond donors (Lipinski definition) is 0. The molecule has 152 valence electrons. The monoisotopic (exact) mass is 383 g/mol. The fourth-order valence-corrected chi connectivity index (χ4v) is 2.98. The zero-order valence-corrected chi connectivity index (χ0v) is 18.1. The third-order valence-corrected chi connectivity index (χ3v) is 4.63. The van der Waals surface area contributed by atoms with Crippen LogP contribution in [0.5, 0.6) is 5.88 Å². The number of rotatable bonds is 9. The van der Waals surface area contributed by atoms with Gasteiger partial charge < -0.3 is 14.3 Å². The van der Waals surface area contributed by atoms with E-state index in [0.29, 0.717) is 25.5 Å². The smallest absolute Gasteiger partial charge is 0.213 e. The Morgan fingerprint density at radius 1 is 1.04 bits per heavy atom. The van der Waals surface area contributed by atoms with Crippen molar-refractivity contribution in [2.45, 2.75) is 73.0 Å². The van der Waals surface area contributed by atoms with Crippen molar-refractivity contribution < 1.29 is 14.3 Å². The first-order valence-electron chi connectivity index (χ1n) is 10.00. The summed E-state index contributed by atoms with van der Waals surface area (Å²) >= 11 is 0. The molecule has 28 heavy (non-hydrogen) atoms. The molecule has 4 heteroatoms. The Kier molecular flexibility index (Phi) is 7.76. The molecule has 2 aromatic rings. The lowest BCUT2D eigenvalue weighted by molar-refractivity contribution is -0.117. The normalized spacial score (nSPS) is 11.5. The van der Waals surface area contributed by atoms with Crippen molar-refractivity contribution in [3.05, 3.63) is 47.2 Å². The Hall–Kier alpha value is -2.20. The van der Waals surface area contributed by atoms with E-state index in [9.17, 15) is 4.79 Å². The number of carbonyl (C=O) groups is 1. The van der Waals surface area contributed by atoms with Crippen LogP contribution in [-0.4, -0.2) is 23.0 Å². The number of aryl methyl sites for hydroxylation is 1. The first kappa shape index (κ1) is 22.1. The SMILES string of the molecule is CC(=O)CCCCOc1ccc(-c2cccc(COC(C)(C)C)c2C)c(C)n1. The number of ketones is 1. The van der Waals surface area contributed by atoms with Gasteiger partial charge in [-0.1, -0.05) is 18.2 Å². The summed E-state index contributed by atoms with van der Waals surface area (Å²) in [7, 11) is 0. The van der Waals surface area contributed by atoms with Crippen LogP contribution in [0, 0.1) is 13.8 Å². The molecular formula is C24H33NO3. The van der Waals surface area contributed by atoms with E-state index in [4.69, 9.17) is 9.47 Å². The number of benzene rings is 1. The molecule has 0 aliphatic carbocycles. The highest BCUT2D eigenvalue weighted by atomic mass is 16.5. The minimum absolute atomic E-state index is 0.163. The summed E-state index contributed by atoms with van der Waals surface area (Å²) in [6.07, 6.45) is 2.33. The molecule has 0 aliphatic rings. The molecule has 0 fully saturated rings. The topological polar surface area (TPSA) is 48.4 Å². The first-order chi connectivity index (χ1) is 13.2. The Morgan fingerprint density at radius 2 is 1.79 bits per heavy atom. The van der Waals surface area contributed by atoms with Gasteiger partial charge in [0.25, 0.3) is 0 Å².